The van der Waals surface area contributed by atoms with Crippen LogP contribution in [0.4, 0.5) is 5.95 Å². The molecule has 0 amide bonds. The first-order valence-electron chi connectivity index (χ1n) is 11.0. The van der Waals surface area contributed by atoms with Crippen LogP contribution in [0, 0.1) is 5.92 Å². The van der Waals surface area contributed by atoms with Crippen LogP contribution in [-0.2, 0) is 0 Å². The maximum absolute atomic E-state index is 4.59. The third kappa shape index (κ3) is 5.10. The van der Waals surface area contributed by atoms with E-state index in [9.17, 15) is 0 Å². The van der Waals surface area contributed by atoms with E-state index in [-0.39, 0.29) is 0 Å². The average molecular weight is 428 g/mol. The topological polar surface area (TPSA) is 59.9 Å². The molecule has 2 aliphatic rings. The molecule has 1 atom stereocenters. The van der Waals surface area contributed by atoms with E-state index >= 15 is 0 Å². The Bertz CT molecular complexity index is 779. The summed E-state index contributed by atoms with van der Waals surface area (Å²) in [6.45, 7) is 9.28. The van der Waals surface area contributed by atoms with Crippen LogP contribution in [0.1, 0.15) is 30.7 Å². The van der Waals surface area contributed by atoms with Crippen LogP contribution >= 0.6 is 11.3 Å². The van der Waals surface area contributed by atoms with Crippen molar-refractivity contribution in [2.24, 2.45) is 10.9 Å². The highest BCUT2D eigenvalue weighted by atomic mass is 32.1. The monoisotopic (exact) mass is 427 g/mol. The standard InChI is InChI=1S/C22H33N7S/c1-18-6-10-27(11-7-18)19(20-5-3-16-30-20)17-26-21(23-2)28-12-14-29(15-13-28)22-24-8-4-9-25-22/h3-5,8-9,16,18-19H,6-7,10-15,17H2,1-2H3,(H,23,26). The zero-order chi connectivity index (χ0) is 20.8. The predicted molar refractivity (Wildman–Crippen MR) is 124 cm³/mol. The molecular weight excluding hydrogens is 394 g/mol. The van der Waals surface area contributed by atoms with Crippen LogP contribution < -0.4 is 10.2 Å². The fraction of sp³-hybridized carbons (Fsp3) is 0.591. The number of piperidine rings is 1. The van der Waals surface area contributed by atoms with Gasteiger partial charge in [-0.25, -0.2) is 9.97 Å². The van der Waals surface area contributed by atoms with Gasteiger partial charge in [0.05, 0.1) is 6.04 Å². The molecule has 162 valence electrons. The Morgan fingerprint density at radius 1 is 1.13 bits per heavy atom. The molecule has 0 aliphatic carbocycles. The normalized spacial score (nSPS) is 20.4. The number of piperazine rings is 1. The van der Waals surface area contributed by atoms with E-state index in [4.69, 9.17) is 0 Å². The second kappa shape index (κ2) is 10.2. The Hall–Kier alpha value is -2.19. The highest BCUT2D eigenvalue weighted by Gasteiger charge is 2.27. The lowest BCUT2D eigenvalue weighted by molar-refractivity contribution is 0.139. The number of nitrogens with one attached hydrogen (secondary N) is 1. The summed E-state index contributed by atoms with van der Waals surface area (Å²) >= 11 is 1.86. The van der Waals surface area contributed by atoms with Crippen molar-refractivity contribution in [3.63, 3.8) is 0 Å². The zero-order valence-electron chi connectivity index (χ0n) is 18.1. The maximum atomic E-state index is 4.59. The molecule has 30 heavy (non-hydrogen) atoms. The number of hydrogen-bond acceptors (Lipinski definition) is 6. The highest BCUT2D eigenvalue weighted by molar-refractivity contribution is 7.10. The number of anilines is 1. The van der Waals surface area contributed by atoms with E-state index in [1.54, 1.807) is 12.4 Å². The molecular formula is C22H33N7S. The fourth-order valence-corrected chi connectivity index (χ4v) is 5.18. The van der Waals surface area contributed by atoms with Crippen molar-refractivity contribution in [1.29, 1.82) is 0 Å². The van der Waals surface area contributed by atoms with Crippen LogP contribution in [0.3, 0.4) is 0 Å². The van der Waals surface area contributed by atoms with Gasteiger partial charge in [0.25, 0.3) is 0 Å². The second-order valence-corrected chi connectivity index (χ2v) is 9.18. The Morgan fingerprint density at radius 2 is 1.87 bits per heavy atom. The fourth-order valence-electron chi connectivity index (χ4n) is 4.32. The number of thiophene rings is 1. The Labute approximate surface area is 183 Å². The number of aliphatic imine (C=N–C) groups is 1. The zero-order valence-corrected chi connectivity index (χ0v) is 18.9. The SMILES string of the molecule is CN=C(NCC(c1cccs1)N1CCC(C)CC1)N1CCN(c2ncccn2)CC1. The van der Waals surface area contributed by atoms with E-state index in [1.165, 1.54) is 30.8 Å². The molecule has 2 saturated heterocycles. The highest BCUT2D eigenvalue weighted by Crippen LogP contribution is 2.29. The number of aromatic nitrogens is 2. The summed E-state index contributed by atoms with van der Waals surface area (Å²) in [5.41, 5.74) is 0. The first-order chi connectivity index (χ1) is 14.7. The molecule has 2 aliphatic heterocycles. The minimum atomic E-state index is 0.410. The van der Waals surface area contributed by atoms with Crippen LogP contribution in [0.25, 0.3) is 0 Å². The largest absolute Gasteiger partial charge is 0.354 e. The summed E-state index contributed by atoms with van der Waals surface area (Å²) in [5.74, 6) is 2.66. The predicted octanol–water partition coefficient (Wildman–Crippen LogP) is 2.71. The third-order valence-corrected chi connectivity index (χ3v) is 7.18. The molecule has 1 N–H and O–H groups in total. The minimum Gasteiger partial charge on any atom is -0.354 e. The Kier molecular flexibility index (Phi) is 7.17. The Morgan fingerprint density at radius 3 is 2.50 bits per heavy atom. The van der Waals surface area contributed by atoms with Crippen molar-refractivity contribution in [2.75, 3.05) is 57.8 Å². The van der Waals surface area contributed by atoms with Gasteiger partial charge in [0, 0.05) is 57.0 Å². The summed E-state index contributed by atoms with van der Waals surface area (Å²) in [5, 5.41) is 5.87. The summed E-state index contributed by atoms with van der Waals surface area (Å²) < 4.78 is 0. The van der Waals surface area contributed by atoms with Gasteiger partial charge in [0.15, 0.2) is 5.96 Å². The molecule has 8 heteroatoms. The molecule has 0 saturated carbocycles. The van der Waals surface area contributed by atoms with E-state index in [0.29, 0.717) is 6.04 Å². The molecule has 7 nitrogen and oxygen atoms in total. The molecule has 1 unspecified atom stereocenters. The van der Waals surface area contributed by atoms with E-state index < -0.39 is 0 Å². The van der Waals surface area contributed by atoms with Gasteiger partial charge >= 0.3 is 0 Å². The van der Waals surface area contributed by atoms with Crippen molar-refractivity contribution >= 4 is 23.2 Å². The number of guanidine groups is 1. The van der Waals surface area contributed by atoms with Gasteiger partial charge in [-0.05, 0) is 49.4 Å². The van der Waals surface area contributed by atoms with Gasteiger partial charge in [-0.2, -0.15) is 0 Å². The first kappa shape index (κ1) is 21.1. The van der Waals surface area contributed by atoms with Crippen molar-refractivity contribution in [2.45, 2.75) is 25.8 Å². The summed E-state index contributed by atoms with van der Waals surface area (Å²) in [6.07, 6.45) is 6.20. The van der Waals surface area contributed by atoms with Crippen molar-refractivity contribution < 1.29 is 0 Å². The molecule has 2 fully saturated rings. The van der Waals surface area contributed by atoms with Crippen molar-refractivity contribution in [1.82, 2.24) is 25.1 Å². The lowest BCUT2D eigenvalue weighted by Crippen LogP contribution is -2.54. The van der Waals surface area contributed by atoms with Gasteiger partial charge in [0.2, 0.25) is 5.95 Å². The van der Waals surface area contributed by atoms with Crippen LogP contribution in [0.2, 0.25) is 0 Å². The van der Waals surface area contributed by atoms with Crippen LogP contribution in [0.5, 0.6) is 0 Å². The van der Waals surface area contributed by atoms with Crippen LogP contribution in [0.15, 0.2) is 41.0 Å². The van der Waals surface area contributed by atoms with Crippen LogP contribution in [-0.4, -0.2) is 78.6 Å². The molecule has 0 aromatic carbocycles. The number of nitrogens with zero attached hydrogens (tertiary/aromatic N) is 6. The number of likely N-dealkylation sites (tertiary alicyclic amines) is 1. The molecule has 2 aromatic rings. The van der Waals surface area contributed by atoms with Crippen molar-refractivity contribution in [3.8, 4) is 0 Å². The molecule has 0 radical (unpaired) electrons. The minimum absolute atomic E-state index is 0.410. The van der Waals surface area contributed by atoms with Gasteiger partial charge in [-0.1, -0.05) is 13.0 Å². The number of rotatable bonds is 5. The maximum Gasteiger partial charge on any atom is 0.225 e. The van der Waals surface area contributed by atoms with E-state index in [0.717, 1.165) is 50.5 Å². The van der Waals surface area contributed by atoms with E-state index in [2.05, 4.69) is 59.4 Å². The lowest BCUT2D eigenvalue weighted by Gasteiger charge is -2.39. The smallest absolute Gasteiger partial charge is 0.225 e. The van der Waals surface area contributed by atoms with Gasteiger partial charge in [-0.3, -0.25) is 9.89 Å². The van der Waals surface area contributed by atoms with Gasteiger partial charge < -0.3 is 15.1 Å². The summed E-state index contributed by atoms with van der Waals surface area (Å²) in [6, 6.07) is 6.71. The van der Waals surface area contributed by atoms with Gasteiger partial charge in [-0.15, -0.1) is 11.3 Å². The number of hydrogen-bond donors (Lipinski definition) is 1. The Balaban J connectivity index is 1.35. The average Bonchev–Trinajstić information content (AvgIpc) is 3.33. The molecule has 0 spiro atoms. The molecule has 2 aromatic heterocycles. The molecule has 4 rings (SSSR count). The lowest BCUT2D eigenvalue weighted by atomic mass is 9.97. The third-order valence-electron chi connectivity index (χ3n) is 6.21. The second-order valence-electron chi connectivity index (χ2n) is 8.20. The summed E-state index contributed by atoms with van der Waals surface area (Å²) in [7, 11) is 1.89. The molecule has 0 bridgehead atoms. The van der Waals surface area contributed by atoms with E-state index in [1.807, 2.05) is 24.5 Å². The first-order valence-corrected chi connectivity index (χ1v) is 11.9. The molecule has 4 heterocycles. The van der Waals surface area contributed by atoms with Gasteiger partial charge in [0.1, 0.15) is 0 Å². The quantitative estimate of drug-likeness (QED) is 0.585. The van der Waals surface area contributed by atoms with Crippen molar-refractivity contribution in [3.05, 3.63) is 40.8 Å². The summed E-state index contributed by atoms with van der Waals surface area (Å²) in [4.78, 5) is 22.0.